The number of hydrogen-bond donors (Lipinski definition) is 0. The van der Waals surface area contributed by atoms with Crippen LogP contribution in [0.2, 0.25) is 5.02 Å². The highest BCUT2D eigenvalue weighted by Crippen LogP contribution is 2.36. The van der Waals surface area contributed by atoms with Crippen LogP contribution < -0.4 is 9.47 Å². The van der Waals surface area contributed by atoms with Gasteiger partial charge >= 0.3 is 0 Å². The van der Waals surface area contributed by atoms with Crippen molar-refractivity contribution in [3.8, 4) is 11.5 Å². The average Bonchev–Trinajstić information content (AvgIpc) is 2.52. The summed E-state index contributed by atoms with van der Waals surface area (Å²) >= 11 is 6.32. The van der Waals surface area contributed by atoms with E-state index in [4.69, 9.17) is 21.1 Å². The molecule has 0 unspecified atom stereocenters. The molecule has 0 aliphatic heterocycles. The molecule has 122 valence electrons. The number of nitrogens with zero attached hydrogens (tertiary/aromatic N) is 1. The van der Waals surface area contributed by atoms with Crippen molar-refractivity contribution in [3.63, 3.8) is 0 Å². The predicted molar refractivity (Wildman–Crippen MR) is 97.0 cm³/mol. The molecule has 0 bridgehead atoms. The van der Waals surface area contributed by atoms with Gasteiger partial charge in [0.1, 0.15) is 0 Å². The fourth-order valence-electron chi connectivity index (χ4n) is 2.23. The minimum Gasteiger partial charge on any atom is -0.490 e. The fourth-order valence-corrected chi connectivity index (χ4v) is 2.50. The summed E-state index contributed by atoms with van der Waals surface area (Å²) in [5.74, 6) is 1.23. The Bertz CT molecular complexity index is 711. The maximum Gasteiger partial charge on any atom is 0.179 e. The zero-order chi connectivity index (χ0) is 16.8. The van der Waals surface area contributed by atoms with Gasteiger partial charge < -0.3 is 9.47 Å². The third kappa shape index (κ3) is 4.26. The smallest absolute Gasteiger partial charge is 0.179 e. The molecule has 4 heteroatoms. The first kappa shape index (κ1) is 17.4. The fraction of sp³-hybridized carbons (Fsp3) is 0.316. The van der Waals surface area contributed by atoms with Gasteiger partial charge in [-0.1, -0.05) is 23.7 Å². The summed E-state index contributed by atoms with van der Waals surface area (Å²) in [4.78, 5) is 4.57. The highest BCUT2D eigenvalue weighted by Gasteiger charge is 2.11. The Labute approximate surface area is 142 Å². The molecule has 0 aromatic heterocycles. The second-order valence-electron chi connectivity index (χ2n) is 5.17. The Morgan fingerprint density at radius 1 is 1.09 bits per heavy atom. The van der Waals surface area contributed by atoms with Gasteiger partial charge in [-0.25, -0.2) is 0 Å². The van der Waals surface area contributed by atoms with Crippen molar-refractivity contribution in [1.82, 2.24) is 0 Å². The lowest BCUT2D eigenvalue weighted by Crippen LogP contribution is -2.00. The van der Waals surface area contributed by atoms with E-state index in [9.17, 15) is 0 Å². The standard InChI is InChI=1S/C19H22ClNO2/c1-5-22-18-11-15(10-16(20)19(18)23-6-2)12-21-17-9-7-8-13(3)14(17)4/h7-12H,5-6H2,1-4H3. The molecule has 0 amide bonds. The molecule has 0 spiro atoms. The molecule has 0 N–H and O–H groups in total. The van der Waals surface area contributed by atoms with E-state index in [2.05, 4.69) is 24.9 Å². The molecule has 0 saturated carbocycles. The van der Waals surface area contributed by atoms with Crippen LogP contribution in [0.15, 0.2) is 35.3 Å². The van der Waals surface area contributed by atoms with Gasteiger partial charge in [0.25, 0.3) is 0 Å². The largest absolute Gasteiger partial charge is 0.490 e. The number of benzene rings is 2. The number of ether oxygens (including phenoxy) is 2. The van der Waals surface area contributed by atoms with Gasteiger partial charge in [-0.2, -0.15) is 0 Å². The summed E-state index contributed by atoms with van der Waals surface area (Å²) in [6.07, 6.45) is 1.80. The van der Waals surface area contributed by atoms with Crippen molar-refractivity contribution >= 4 is 23.5 Å². The van der Waals surface area contributed by atoms with E-state index in [-0.39, 0.29) is 0 Å². The molecule has 3 nitrogen and oxygen atoms in total. The lowest BCUT2D eigenvalue weighted by atomic mass is 10.1. The summed E-state index contributed by atoms with van der Waals surface area (Å²) in [5, 5.41) is 0.528. The van der Waals surface area contributed by atoms with E-state index < -0.39 is 0 Å². The monoisotopic (exact) mass is 331 g/mol. The van der Waals surface area contributed by atoms with Gasteiger partial charge in [0, 0.05) is 6.21 Å². The van der Waals surface area contributed by atoms with Crippen LogP contribution in [-0.4, -0.2) is 19.4 Å². The minimum absolute atomic E-state index is 0.528. The van der Waals surface area contributed by atoms with E-state index in [0.717, 1.165) is 11.3 Å². The highest BCUT2D eigenvalue weighted by molar-refractivity contribution is 6.32. The second-order valence-corrected chi connectivity index (χ2v) is 5.58. The Balaban J connectivity index is 2.36. The lowest BCUT2D eigenvalue weighted by molar-refractivity contribution is 0.288. The minimum atomic E-state index is 0.528. The molecular formula is C19H22ClNO2. The van der Waals surface area contributed by atoms with Crippen LogP contribution in [0.4, 0.5) is 5.69 Å². The van der Waals surface area contributed by atoms with Gasteiger partial charge in [0.2, 0.25) is 0 Å². The summed E-state index contributed by atoms with van der Waals surface area (Å²) in [6.45, 7) is 9.08. The Morgan fingerprint density at radius 2 is 1.83 bits per heavy atom. The van der Waals surface area contributed by atoms with Gasteiger partial charge in [0.15, 0.2) is 11.5 Å². The van der Waals surface area contributed by atoms with Crippen molar-refractivity contribution in [2.24, 2.45) is 4.99 Å². The molecule has 0 saturated heterocycles. The van der Waals surface area contributed by atoms with E-state index in [1.165, 1.54) is 11.1 Å². The quantitative estimate of drug-likeness (QED) is 0.654. The third-order valence-electron chi connectivity index (χ3n) is 3.55. The first-order valence-electron chi connectivity index (χ1n) is 7.76. The molecule has 0 fully saturated rings. The first-order chi connectivity index (χ1) is 11.1. The Hall–Kier alpha value is -2.00. The Morgan fingerprint density at radius 3 is 2.52 bits per heavy atom. The number of aryl methyl sites for hydroxylation is 1. The molecule has 2 rings (SSSR count). The number of aliphatic imine (C=N–C) groups is 1. The molecule has 2 aromatic carbocycles. The topological polar surface area (TPSA) is 30.8 Å². The van der Waals surface area contributed by atoms with Crippen molar-refractivity contribution < 1.29 is 9.47 Å². The van der Waals surface area contributed by atoms with Gasteiger partial charge in [-0.3, -0.25) is 4.99 Å². The number of hydrogen-bond acceptors (Lipinski definition) is 3. The molecule has 2 aromatic rings. The van der Waals surface area contributed by atoms with Crippen LogP contribution in [0, 0.1) is 13.8 Å². The second kappa shape index (κ2) is 8.02. The van der Waals surface area contributed by atoms with E-state index >= 15 is 0 Å². The highest BCUT2D eigenvalue weighted by atomic mass is 35.5. The Kier molecular flexibility index (Phi) is 6.05. The van der Waals surface area contributed by atoms with E-state index in [1.807, 2.05) is 38.1 Å². The molecule has 0 atom stereocenters. The van der Waals surface area contributed by atoms with Crippen LogP contribution in [0.1, 0.15) is 30.5 Å². The maximum absolute atomic E-state index is 6.32. The summed E-state index contributed by atoms with van der Waals surface area (Å²) in [6, 6.07) is 9.82. The molecule has 23 heavy (non-hydrogen) atoms. The zero-order valence-electron chi connectivity index (χ0n) is 14.0. The predicted octanol–water partition coefficient (Wildman–Crippen LogP) is 5.50. The van der Waals surface area contributed by atoms with Crippen molar-refractivity contribution in [2.75, 3.05) is 13.2 Å². The molecular weight excluding hydrogens is 310 g/mol. The van der Waals surface area contributed by atoms with E-state index in [0.29, 0.717) is 29.7 Å². The number of halogens is 1. The van der Waals surface area contributed by atoms with E-state index in [1.54, 1.807) is 6.21 Å². The SMILES string of the molecule is CCOc1cc(C=Nc2cccc(C)c2C)cc(Cl)c1OCC. The molecule has 0 radical (unpaired) electrons. The maximum atomic E-state index is 6.32. The molecule has 0 heterocycles. The van der Waals surface area contributed by atoms with Crippen molar-refractivity contribution in [3.05, 3.63) is 52.0 Å². The average molecular weight is 332 g/mol. The zero-order valence-corrected chi connectivity index (χ0v) is 14.8. The van der Waals surface area contributed by atoms with Crippen LogP contribution >= 0.6 is 11.6 Å². The summed E-state index contributed by atoms with van der Waals surface area (Å²) < 4.78 is 11.2. The van der Waals surface area contributed by atoms with Gasteiger partial charge in [-0.05, 0) is 62.6 Å². The summed E-state index contributed by atoms with van der Waals surface area (Å²) in [7, 11) is 0. The lowest BCUT2D eigenvalue weighted by Gasteiger charge is -2.13. The van der Waals surface area contributed by atoms with Crippen LogP contribution in [0.25, 0.3) is 0 Å². The van der Waals surface area contributed by atoms with Crippen molar-refractivity contribution in [2.45, 2.75) is 27.7 Å². The molecule has 0 aliphatic rings. The van der Waals surface area contributed by atoms with Gasteiger partial charge in [-0.15, -0.1) is 0 Å². The molecule has 0 aliphatic carbocycles. The van der Waals surface area contributed by atoms with Crippen LogP contribution in [-0.2, 0) is 0 Å². The van der Waals surface area contributed by atoms with Crippen molar-refractivity contribution in [1.29, 1.82) is 0 Å². The third-order valence-corrected chi connectivity index (χ3v) is 3.83. The van der Waals surface area contributed by atoms with Crippen LogP contribution in [0.5, 0.6) is 11.5 Å². The van der Waals surface area contributed by atoms with Crippen LogP contribution in [0.3, 0.4) is 0 Å². The summed E-state index contributed by atoms with van der Waals surface area (Å²) in [5.41, 5.74) is 4.22. The first-order valence-corrected chi connectivity index (χ1v) is 8.14. The normalized spacial score (nSPS) is 11.0. The number of rotatable bonds is 6. The van der Waals surface area contributed by atoms with Gasteiger partial charge in [0.05, 0.1) is 23.9 Å².